The summed E-state index contributed by atoms with van der Waals surface area (Å²) in [6.07, 6.45) is 2.87. The van der Waals surface area contributed by atoms with Crippen LogP contribution in [-0.4, -0.2) is 39.0 Å². The van der Waals surface area contributed by atoms with Crippen LogP contribution >= 0.6 is 11.8 Å². The fourth-order valence-electron chi connectivity index (χ4n) is 3.76. The second-order valence-corrected chi connectivity index (χ2v) is 8.68. The maximum Gasteiger partial charge on any atom is 0.338 e. The van der Waals surface area contributed by atoms with Crippen molar-refractivity contribution in [1.82, 2.24) is 14.8 Å². The molecule has 170 valence electrons. The van der Waals surface area contributed by atoms with E-state index in [0.29, 0.717) is 41.4 Å². The Morgan fingerprint density at radius 1 is 1.15 bits per heavy atom. The van der Waals surface area contributed by atoms with Crippen LogP contribution in [0.1, 0.15) is 46.9 Å². The minimum Gasteiger partial charge on any atom is -0.462 e. The summed E-state index contributed by atoms with van der Waals surface area (Å²) in [6, 6.07) is 17.1. The van der Waals surface area contributed by atoms with Gasteiger partial charge in [0, 0.05) is 18.2 Å². The molecule has 1 aromatic heterocycles. The second kappa shape index (κ2) is 10.5. The van der Waals surface area contributed by atoms with Gasteiger partial charge in [0.1, 0.15) is 5.82 Å². The van der Waals surface area contributed by atoms with Gasteiger partial charge in [0.15, 0.2) is 5.16 Å². The summed E-state index contributed by atoms with van der Waals surface area (Å²) in [5, 5.41) is 12.3. The number of allylic oxidation sites excluding steroid dienone is 1. The molecule has 1 fully saturated rings. The number of aromatic nitrogens is 3. The monoisotopic (exact) mass is 462 g/mol. The summed E-state index contributed by atoms with van der Waals surface area (Å²) >= 11 is 1.35. The van der Waals surface area contributed by atoms with Crippen LogP contribution in [0.4, 0.5) is 5.69 Å². The number of amides is 1. The molecule has 0 spiro atoms. The molecular weight excluding hydrogens is 436 g/mol. The summed E-state index contributed by atoms with van der Waals surface area (Å²) < 4.78 is 7.02. The van der Waals surface area contributed by atoms with Crippen LogP contribution in [0.25, 0.3) is 0 Å². The number of anilines is 1. The minimum atomic E-state index is -0.381. The Labute approximate surface area is 197 Å². The third-order valence-electron chi connectivity index (χ3n) is 5.42. The highest BCUT2D eigenvalue weighted by atomic mass is 32.2. The zero-order valence-corrected chi connectivity index (χ0v) is 19.3. The first-order chi connectivity index (χ1) is 16.1. The summed E-state index contributed by atoms with van der Waals surface area (Å²) in [5.41, 5.74) is 2.38. The van der Waals surface area contributed by atoms with E-state index in [9.17, 15) is 9.59 Å². The normalized spacial score (nSPS) is 16.8. The van der Waals surface area contributed by atoms with E-state index in [2.05, 4.69) is 46.4 Å². The van der Waals surface area contributed by atoms with Crippen LogP contribution in [0.3, 0.4) is 0 Å². The number of nitrogens with one attached hydrogen (secondary N) is 1. The van der Waals surface area contributed by atoms with E-state index in [1.165, 1.54) is 17.3 Å². The van der Waals surface area contributed by atoms with E-state index in [-0.39, 0.29) is 17.6 Å². The van der Waals surface area contributed by atoms with Crippen molar-refractivity contribution in [1.29, 1.82) is 0 Å². The number of rotatable bonds is 10. The topological polar surface area (TPSA) is 86.1 Å². The van der Waals surface area contributed by atoms with Gasteiger partial charge in [0.05, 0.1) is 17.9 Å². The molecule has 1 heterocycles. The molecule has 1 saturated carbocycles. The van der Waals surface area contributed by atoms with E-state index in [4.69, 9.17) is 4.74 Å². The van der Waals surface area contributed by atoms with Gasteiger partial charge in [-0.2, -0.15) is 0 Å². The van der Waals surface area contributed by atoms with Gasteiger partial charge in [0.2, 0.25) is 5.91 Å². The number of carbonyl (C=O) groups excluding carboxylic acids is 2. The first-order valence-electron chi connectivity index (χ1n) is 10.9. The number of esters is 1. The van der Waals surface area contributed by atoms with Gasteiger partial charge < -0.3 is 14.6 Å². The Bertz CT molecular complexity index is 1130. The lowest BCUT2D eigenvalue weighted by Crippen LogP contribution is -2.15. The van der Waals surface area contributed by atoms with Crippen molar-refractivity contribution in [3.63, 3.8) is 0 Å². The maximum atomic E-state index is 12.5. The lowest BCUT2D eigenvalue weighted by atomic mass is 10.1. The van der Waals surface area contributed by atoms with E-state index in [1.54, 1.807) is 31.2 Å². The van der Waals surface area contributed by atoms with Gasteiger partial charge in [0.25, 0.3) is 0 Å². The lowest BCUT2D eigenvalue weighted by Gasteiger charge is -2.09. The van der Waals surface area contributed by atoms with Gasteiger partial charge in [-0.1, -0.05) is 48.2 Å². The first kappa shape index (κ1) is 22.8. The van der Waals surface area contributed by atoms with Crippen LogP contribution in [-0.2, 0) is 16.1 Å². The van der Waals surface area contributed by atoms with Crippen molar-refractivity contribution in [3.05, 3.63) is 84.2 Å². The summed E-state index contributed by atoms with van der Waals surface area (Å²) in [7, 11) is 0. The van der Waals surface area contributed by atoms with Gasteiger partial charge in [-0.15, -0.1) is 16.8 Å². The second-order valence-electron chi connectivity index (χ2n) is 7.73. The Morgan fingerprint density at radius 3 is 2.61 bits per heavy atom. The molecule has 8 heteroatoms. The van der Waals surface area contributed by atoms with Crippen LogP contribution < -0.4 is 5.32 Å². The molecule has 0 radical (unpaired) electrons. The summed E-state index contributed by atoms with van der Waals surface area (Å²) in [4.78, 5) is 24.2. The Balaban J connectivity index is 1.36. The summed E-state index contributed by atoms with van der Waals surface area (Å²) in [5.74, 6) is 1.39. The van der Waals surface area contributed by atoms with E-state index in [0.717, 1.165) is 12.2 Å². The van der Waals surface area contributed by atoms with E-state index in [1.807, 2.05) is 16.7 Å². The SMILES string of the molecule is C=CCn1c(SCC(=O)Nc2ccc(C(=O)OCC)cc2)nnc1C1CC1c1ccccc1. The van der Waals surface area contributed by atoms with Gasteiger partial charge in [-0.05, 0) is 49.1 Å². The third-order valence-corrected chi connectivity index (χ3v) is 6.39. The van der Waals surface area contributed by atoms with Crippen molar-refractivity contribution in [2.24, 2.45) is 0 Å². The third kappa shape index (κ3) is 5.51. The number of hydrogen-bond acceptors (Lipinski definition) is 6. The van der Waals surface area contributed by atoms with Crippen LogP contribution in [0.5, 0.6) is 0 Å². The highest BCUT2D eigenvalue weighted by Crippen LogP contribution is 2.54. The fraction of sp³-hybridized carbons (Fsp3) is 0.280. The average Bonchev–Trinajstić information content (AvgIpc) is 3.53. The number of hydrogen-bond donors (Lipinski definition) is 1. The molecule has 2 aromatic carbocycles. The average molecular weight is 463 g/mol. The molecule has 1 aliphatic rings. The smallest absolute Gasteiger partial charge is 0.338 e. The number of thioether (sulfide) groups is 1. The maximum absolute atomic E-state index is 12.5. The van der Waals surface area contributed by atoms with Crippen LogP contribution in [0, 0.1) is 0 Å². The van der Waals surface area contributed by atoms with Crippen LogP contribution in [0.15, 0.2) is 72.4 Å². The van der Waals surface area contributed by atoms with Crippen LogP contribution in [0.2, 0.25) is 0 Å². The molecule has 1 amide bonds. The van der Waals surface area contributed by atoms with Crippen molar-refractivity contribution in [2.75, 3.05) is 17.7 Å². The van der Waals surface area contributed by atoms with Gasteiger partial charge in [-0.3, -0.25) is 4.79 Å². The van der Waals surface area contributed by atoms with Crippen molar-refractivity contribution in [3.8, 4) is 0 Å². The van der Waals surface area contributed by atoms with Gasteiger partial charge in [-0.25, -0.2) is 4.79 Å². The zero-order chi connectivity index (χ0) is 23.2. The Kier molecular flexibility index (Phi) is 7.24. The number of nitrogens with zero attached hydrogens (tertiary/aromatic N) is 3. The molecule has 1 aliphatic carbocycles. The summed E-state index contributed by atoms with van der Waals surface area (Å²) in [6.45, 7) is 6.53. The molecule has 1 N–H and O–H groups in total. The minimum absolute atomic E-state index is 0.160. The molecule has 0 saturated heterocycles. The highest BCUT2D eigenvalue weighted by Gasteiger charge is 2.43. The molecule has 3 aromatic rings. The molecule has 2 atom stereocenters. The number of benzene rings is 2. The molecule has 33 heavy (non-hydrogen) atoms. The van der Waals surface area contributed by atoms with E-state index >= 15 is 0 Å². The molecule has 0 bridgehead atoms. The Hall–Kier alpha value is -3.39. The molecule has 0 aliphatic heterocycles. The zero-order valence-electron chi connectivity index (χ0n) is 18.4. The molecule has 7 nitrogen and oxygen atoms in total. The number of carbonyl (C=O) groups is 2. The highest BCUT2D eigenvalue weighted by molar-refractivity contribution is 7.99. The number of ether oxygens (including phenoxy) is 1. The van der Waals surface area contributed by atoms with Crippen molar-refractivity contribution in [2.45, 2.75) is 36.9 Å². The molecule has 2 unspecified atom stereocenters. The lowest BCUT2D eigenvalue weighted by molar-refractivity contribution is -0.113. The fourth-order valence-corrected chi connectivity index (χ4v) is 4.52. The Morgan fingerprint density at radius 2 is 1.91 bits per heavy atom. The predicted octanol–water partition coefficient (Wildman–Crippen LogP) is 4.64. The van der Waals surface area contributed by atoms with Crippen molar-refractivity contribution >= 4 is 29.3 Å². The quantitative estimate of drug-likeness (QED) is 0.268. The van der Waals surface area contributed by atoms with E-state index < -0.39 is 0 Å². The molecule has 4 rings (SSSR count). The predicted molar refractivity (Wildman–Crippen MR) is 129 cm³/mol. The first-order valence-corrected chi connectivity index (χ1v) is 11.9. The molecular formula is C25H26N4O3S. The van der Waals surface area contributed by atoms with Crippen molar-refractivity contribution < 1.29 is 14.3 Å². The van der Waals surface area contributed by atoms with Gasteiger partial charge >= 0.3 is 5.97 Å². The standard InChI is InChI=1S/C25H26N4O3S/c1-3-14-29-23(21-15-20(21)17-8-6-5-7-9-17)27-28-25(29)33-16-22(30)26-19-12-10-18(11-13-19)24(31)32-4-2/h3,5-13,20-21H,1,4,14-16H2,2H3,(H,26,30). The largest absolute Gasteiger partial charge is 0.462 e.